The number of pyridine rings is 1. The van der Waals surface area contributed by atoms with E-state index in [-0.39, 0.29) is 0 Å². The van der Waals surface area contributed by atoms with Gasteiger partial charge in [-0.2, -0.15) is 0 Å². The molecular weight excluding hydrogens is 210 g/mol. The monoisotopic (exact) mass is 223 g/mol. The third-order valence-electron chi connectivity index (χ3n) is 2.76. The Balaban J connectivity index is 1.78. The number of benzene rings is 1. The third kappa shape index (κ3) is 1.99. The van der Waals surface area contributed by atoms with Gasteiger partial charge in [0.05, 0.1) is 0 Å². The van der Waals surface area contributed by atoms with Crippen LogP contribution in [0.2, 0.25) is 0 Å². The van der Waals surface area contributed by atoms with E-state index in [1.165, 1.54) is 5.69 Å². The first-order valence-corrected chi connectivity index (χ1v) is 5.61. The normalized spacial score (nSPS) is 14.4. The van der Waals surface area contributed by atoms with Crippen LogP contribution in [0.15, 0.2) is 67.1 Å². The molecule has 84 valence electrons. The molecule has 1 aliphatic heterocycles. The zero-order chi connectivity index (χ0) is 11.5. The van der Waals surface area contributed by atoms with Crippen LogP contribution in [0.1, 0.15) is 0 Å². The summed E-state index contributed by atoms with van der Waals surface area (Å²) < 4.78 is 0. The minimum Gasteiger partial charge on any atom is -0.328 e. The Morgan fingerprint density at radius 2 is 1.59 bits per heavy atom. The second-order valence-electron chi connectivity index (χ2n) is 3.90. The molecular formula is C14H13N3. The molecule has 0 N–H and O–H groups in total. The van der Waals surface area contributed by atoms with E-state index in [0.717, 1.165) is 12.5 Å². The van der Waals surface area contributed by atoms with Gasteiger partial charge in [-0.1, -0.05) is 24.3 Å². The Labute approximate surface area is 101 Å². The van der Waals surface area contributed by atoms with Crippen molar-refractivity contribution >= 4 is 11.5 Å². The average Bonchev–Trinajstić information content (AvgIpc) is 2.90. The van der Waals surface area contributed by atoms with Crippen molar-refractivity contribution in [1.82, 2.24) is 4.98 Å². The summed E-state index contributed by atoms with van der Waals surface area (Å²) in [6.07, 6.45) is 5.94. The number of aromatic nitrogens is 1. The third-order valence-corrected chi connectivity index (χ3v) is 2.76. The van der Waals surface area contributed by atoms with Crippen molar-refractivity contribution in [3.8, 4) is 0 Å². The fourth-order valence-electron chi connectivity index (χ4n) is 1.88. The van der Waals surface area contributed by atoms with Crippen LogP contribution in [0.3, 0.4) is 0 Å². The Kier molecular flexibility index (Phi) is 2.50. The molecule has 0 saturated heterocycles. The zero-order valence-corrected chi connectivity index (χ0v) is 9.40. The number of hydrogen-bond acceptors (Lipinski definition) is 3. The second-order valence-corrected chi connectivity index (χ2v) is 3.90. The summed E-state index contributed by atoms with van der Waals surface area (Å²) >= 11 is 0. The van der Waals surface area contributed by atoms with Crippen LogP contribution in [-0.4, -0.2) is 11.7 Å². The van der Waals surface area contributed by atoms with Gasteiger partial charge in [0.25, 0.3) is 0 Å². The topological polar surface area (TPSA) is 19.4 Å². The fraction of sp³-hybridized carbons (Fsp3) is 0.0714. The van der Waals surface area contributed by atoms with Gasteiger partial charge in [-0.05, 0) is 24.3 Å². The Morgan fingerprint density at radius 1 is 0.824 bits per heavy atom. The maximum atomic E-state index is 4.34. The van der Waals surface area contributed by atoms with Crippen LogP contribution >= 0.6 is 0 Å². The van der Waals surface area contributed by atoms with Gasteiger partial charge in [0.2, 0.25) is 0 Å². The highest BCUT2D eigenvalue weighted by Gasteiger charge is 2.15. The molecule has 1 aromatic heterocycles. The quantitative estimate of drug-likeness (QED) is 0.780. The molecule has 0 unspecified atom stereocenters. The molecule has 0 amide bonds. The van der Waals surface area contributed by atoms with Gasteiger partial charge in [0.15, 0.2) is 0 Å². The maximum absolute atomic E-state index is 4.34. The summed E-state index contributed by atoms with van der Waals surface area (Å²) in [5, 5.41) is 0. The zero-order valence-electron chi connectivity index (χ0n) is 9.40. The highest BCUT2D eigenvalue weighted by molar-refractivity contribution is 5.56. The molecule has 1 aliphatic rings. The smallest absolute Gasteiger partial charge is 0.133 e. The number of para-hydroxylation sites is 1. The van der Waals surface area contributed by atoms with E-state index < -0.39 is 0 Å². The molecule has 3 rings (SSSR count). The van der Waals surface area contributed by atoms with Gasteiger partial charge in [-0.15, -0.1) is 0 Å². The molecule has 2 aromatic rings. The van der Waals surface area contributed by atoms with Crippen LogP contribution < -0.4 is 9.80 Å². The summed E-state index contributed by atoms with van der Waals surface area (Å²) in [6.45, 7) is 0.807. The number of rotatable bonds is 2. The minimum atomic E-state index is 0.807. The molecule has 0 atom stereocenters. The summed E-state index contributed by atoms with van der Waals surface area (Å²) in [7, 11) is 0. The van der Waals surface area contributed by atoms with Gasteiger partial charge in [-0.25, -0.2) is 4.98 Å². The molecule has 0 aliphatic carbocycles. The largest absolute Gasteiger partial charge is 0.328 e. The van der Waals surface area contributed by atoms with Gasteiger partial charge in [-0.3, -0.25) is 0 Å². The first-order valence-electron chi connectivity index (χ1n) is 5.61. The van der Waals surface area contributed by atoms with Crippen LogP contribution in [0.4, 0.5) is 11.5 Å². The summed E-state index contributed by atoms with van der Waals surface area (Å²) in [6, 6.07) is 16.3. The van der Waals surface area contributed by atoms with Crippen molar-refractivity contribution in [2.24, 2.45) is 0 Å². The number of nitrogens with zero attached hydrogens (tertiary/aromatic N) is 3. The molecule has 0 bridgehead atoms. The fourth-order valence-corrected chi connectivity index (χ4v) is 1.88. The molecule has 3 nitrogen and oxygen atoms in total. The first-order chi connectivity index (χ1) is 8.43. The lowest BCUT2D eigenvalue weighted by Crippen LogP contribution is -2.24. The molecule has 0 radical (unpaired) electrons. The van der Waals surface area contributed by atoms with Gasteiger partial charge in [0.1, 0.15) is 12.5 Å². The number of anilines is 2. The van der Waals surface area contributed by atoms with Crippen molar-refractivity contribution in [3.63, 3.8) is 0 Å². The molecule has 17 heavy (non-hydrogen) atoms. The van der Waals surface area contributed by atoms with E-state index in [4.69, 9.17) is 0 Å². The van der Waals surface area contributed by atoms with Crippen LogP contribution in [-0.2, 0) is 0 Å². The van der Waals surface area contributed by atoms with Crippen LogP contribution in [0.25, 0.3) is 0 Å². The highest BCUT2D eigenvalue weighted by atomic mass is 15.4. The summed E-state index contributed by atoms with van der Waals surface area (Å²) in [5.74, 6) is 0.974. The van der Waals surface area contributed by atoms with Crippen molar-refractivity contribution in [2.45, 2.75) is 0 Å². The Morgan fingerprint density at radius 3 is 2.35 bits per heavy atom. The minimum absolute atomic E-state index is 0.807. The predicted molar refractivity (Wildman–Crippen MR) is 69.6 cm³/mol. The van der Waals surface area contributed by atoms with E-state index in [1.807, 2.05) is 42.6 Å². The Bertz CT molecular complexity index is 460. The first kappa shape index (κ1) is 9.90. The number of hydrogen-bond donors (Lipinski definition) is 0. The maximum Gasteiger partial charge on any atom is 0.133 e. The van der Waals surface area contributed by atoms with Crippen molar-refractivity contribution in [3.05, 3.63) is 67.1 Å². The van der Waals surface area contributed by atoms with E-state index in [0.29, 0.717) is 0 Å². The lowest BCUT2D eigenvalue weighted by Gasteiger charge is -2.20. The lowest BCUT2D eigenvalue weighted by atomic mass is 10.3. The van der Waals surface area contributed by atoms with E-state index in [9.17, 15) is 0 Å². The van der Waals surface area contributed by atoms with Crippen molar-refractivity contribution in [1.29, 1.82) is 0 Å². The van der Waals surface area contributed by atoms with Gasteiger partial charge in [0, 0.05) is 24.3 Å². The molecule has 0 fully saturated rings. The van der Waals surface area contributed by atoms with Crippen molar-refractivity contribution in [2.75, 3.05) is 16.5 Å². The molecule has 1 aromatic carbocycles. The lowest BCUT2D eigenvalue weighted by molar-refractivity contribution is 0.954. The summed E-state index contributed by atoms with van der Waals surface area (Å²) in [4.78, 5) is 8.64. The SMILES string of the molecule is C1=CN(c2ccccn2)CN1c1ccccc1. The van der Waals surface area contributed by atoms with Gasteiger partial charge < -0.3 is 9.80 Å². The van der Waals surface area contributed by atoms with E-state index >= 15 is 0 Å². The second kappa shape index (κ2) is 4.29. The highest BCUT2D eigenvalue weighted by Crippen LogP contribution is 2.21. The molecule has 0 saturated carbocycles. The van der Waals surface area contributed by atoms with E-state index in [2.05, 4.69) is 39.3 Å². The van der Waals surface area contributed by atoms with Crippen LogP contribution in [0.5, 0.6) is 0 Å². The molecule has 0 spiro atoms. The summed E-state index contributed by atoms with van der Waals surface area (Å²) in [5.41, 5.74) is 1.20. The predicted octanol–water partition coefficient (Wildman–Crippen LogP) is 2.84. The van der Waals surface area contributed by atoms with E-state index in [1.54, 1.807) is 0 Å². The molecule has 3 heteroatoms. The average molecular weight is 223 g/mol. The van der Waals surface area contributed by atoms with Gasteiger partial charge >= 0.3 is 0 Å². The van der Waals surface area contributed by atoms with Crippen LogP contribution in [0, 0.1) is 0 Å². The standard InChI is InChI=1S/C14H13N3/c1-2-6-13(7-3-1)16-10-11-17(12-16)14-8-4-5-9-15-14/h1-11H,12H2. The van der Waals surface area contributed by atoms with Crippen molar-refractivity contribution < 1.29 is 0 Å². The molecule has 2 heterocycles. The Hall–Kier alpha value is -2.29.